The Labute approximate surface area is 206 Å². The van der Waals surface area contributed by atoms with Gasteiger partial charge in [0.05, 0.1) is 5.02 Å². The predicted octanol–water partition coefficient (Wildman–Crippen LogP) is 6.54. The van der Waals surface area contributed by atoms with Crippen molar-refractivity contribution in [1.29, 1.82) is 0 Å². The van der Waals surface area contributed by atoms with E-state index in [1.54, 1.807) is 18.2 Å². The molecule has 178 valence electrons. The first kappa shape index (κ1) is 24.2. The van der Waals surface area contributed by atoms with Gasteiger partial charge in [-0.2, -0.15) is 0 Å². The standard InChI is InChI=1S/C28H32ClN3O2/c1-18-12-20(17-30-16-18)22-8-6-7-9-24(22)34-25-11-10-19(13-23(25)29)26(33)31-21-14-27(2,3)32-28(4,5)15-21/h6-13,16-17,21,32H,14-15H2,1-5H3,(H,31,33). The van der Waals surface area contributed by atoms with Crippen molar-refractivity contribution in [3.63, 3.8) is 0 Å². The minimum Gasteiger partial charge on any atom is -0.455 e. The number of halogens is 1. The average molecular weight is 478 g/mol. The molecule has 1 fully saturated rings. The molecule has 0 unspecified atom stereocenters. The number of benzene rings is 2. The zero-order valence-electron chi connectivity index (χ0n) is 20.4. The Balaban J connectivity index is 1.51. The van der Waals surface area contributed by atoms with Gasteiger partial charge in [-0.25, -0.2) is 0 Å². The Hall–Kier alpha value is -2.89. The lowest BCUT2D eigenvalue weighted by Crippen LogP contribution is -2.62. The first-order valence-electron chi connectivity index (χ1n) is 11.6. The number of nitrogens with one attached hydrogen (secondary N) is 2. The molecule has 1 aliphatic heterocycles. The highest BCUT2D eigenvalue weighted by Crippen LogP contribution is 2.36. The Morgan fingerprint density at radius 1 is 1.03 bits per heavy atom. The number of aryl methyl sites for hydroxylation is 1. The molecule has 0 radical (unpaired) electrons. The van der Waals surface area contributed by atoms with Gasteiger partial charge in [0.15, 0.2) is 0 Å². The van der Waals surface area contributed by atoms with E-state index < -0.39 is 0 Å². The number of piperidine rings is 1. The van der Waals surface area contributed by atoms with Crippen LogP contribution in [0.15, 0.2) is 60.9 Å². The molecular weight excluding hydrogens is 446 g/mol. The van der Waals surface area contributed by atoms with Gasteiger partial charge >= 0.3 is 0 Å². The minimum atomic E-state index is -0.127. The van der Waals surface area contributed by atoms with Crippen LogP contribution in [0, 0.1) is 6.92 Å². The molecule has 4 rings (SSSR count). The quantitative estimate of drug-likeness (QED) is 0.437. The molecular formula is C28H32ClN3O2. The molecule has 3 aromatic rings. The van der Waals surface area contributed by atoms with E-state index in [0.29, 0.717) is 22.1 Å². The number of hydrogen-bond acceptors (Lipinski definition) is 4. The molecule has 1 saturated heterocycles. The predicted molar refractivity (Wildman–Crippen MR) is 138 cm³/mol. The summed E-state index contributed by atoms with van der Waals surface area (Å²) in [5.74, 6) is 1.04. The molecule has 1 aromatic heterocycles. The molecule has 0 spiro atoms. The number of para-hydroxylation sites is 1. The normalized spacial score (nSPS) is 17.2. The molecule has 0 bridgehead atoms. The van der Waals surface area contributed by atoms with E-state index in [-0.39, 0.29) is 23.0 Å². The number of nitrogens with zero attached hydrogens (tertiary/aromatic N) is 1. The van der Waals surface area contributed by atoms with Gasteiger partial charge in [0, 0.05) is 46.2 Å². The summed E-state index contributed by atoms with van der Waals surface area (Å²) < 4.78 is 6.17. The minimum absolute atomic E-state index is 0.0464. The van der Waals surface area contributed by atoms with Gasteiger partial charge in [-0.3, -0.25) is 9.78 Å². The fourth-order valence-corrected chi connectivity index (χ4v) is 5.25. The van der Waals surface area contributed by atoms with Gasteiger partial charge in [-0.05, 0) is 83.4 Å². The van der Waals surface area contributed by atoms with Crippen LogP contribution in [-0.2, 0) is 0 Å². The lowest BCUT2D eigenvalue weighted by molar-refractivity contribution is 0.0873. The monoisotopic (exact) mass is 477 g/mol. The Kier molecular flexibility index (Phi) is 6.70. The Bertz CT molecular complexity index is 1190. The summed E-state index contributed by atoms with van der Waals surface area (Å²) in [5.41, 5.74) is 3.39. The van der Waals surface area contributed by atoms with Crippen LogP contribution in [0.5, 0.6) is 11.5 Å². The fourth-order valence-electron chi connectivity index (χ4n) is 5.03. The van der Waals surface area contributed by atoms with Crippen molar-refractivity contribution >= 4 is 17.5 Å². The lowest BCUT2D eigenvalue weighted by Gasteiger charge is -2.46. The van der Waals surface area contributed by atoms with Gasteiger partial charge in [-0.1, -0.05) is 29.8 Å². The summed E-state index contributed by atoms with van der Waals surface area (Å²) in [7, 11) is 0. The van der Waals surface area contributed by atoms with Gasteiger partial charge < -0.3 is 15.4 Å². The topological polar surface area (TPSA) is 63.2 Å². The Morgan fingerprint density at radius 3 is 2.41 bits per heavy atom. The summed E-state index contributed by atoms with van der Waals surface area (Å²) in [5, 5.41) is 7.22. The molecule has 2 aromatic carbocycles. The maximum atomic E-state index is 13.0. The number of carbonyl (C=O) groups excluding carboxylic acids is 1. The molecule has 2 N–H and O–H groups in total. The molecule has 0 aliphatic carbocycles. The molecule has 0 atom stereocenters. The third-order valence-corrected chi connectivity index (χ3v) is 6.31. The van der Waals surface area contributed by atoms with Crippen LogP contribution in [0.3, 0.4) is 0 Å². The summed E-state index contributed by atoms with van der Waals surface area (Å²) in [6.07, 6.45) is 5.36. The van der Waals surface area contributed by atoms with Gasteiger partial charge in [0.1, 0.15) is 11.5 Å². The smallest absolute Gasteiger partial charge is 0.251 e. The Morgan fingerprint density at radius 2 is 1.74 bits per heavy atom. The second kappa shape index (κ2) is 9.40. The van der Waals surface area contributed by atoms with E-state index >= 15 is 0 Å². The third kappa shape index (κ3) is 5.78. The van der Waals surface area contributed by atoms with Crippen LogP contribution < -0.4 is 15.4 Å². The highest BCUT2D eigenvalue weighted by molar-refractivity contribution is 6.32. The van der Waals surface area contributed by atoms with Crippen LogP contribution in [0.1, 0.15) is 56.5 Å². The zero-order chi connectivity index (χ0) is 24.5. The highest BCUT2D eigenvalue weighted by atomic mass is 35.5. The molecule has 1 amide bonds. The van der Waals surface area contributed by atoms with Crippen LogP contribution in [0.2, 0.25) is 5.02 Å². The number of amides is 1. The van der Waals surface area contributed by atoms with Crippen molar-refractivity contribution in [2.75, 3.05) is 0 Å². The maximum Gasteiger partial charge on any atom is 0.251 e. The fraction of sp³-hybridized carbons (Fsp3) is 0.357. The number of pyridine rings is 1. The largest absolute Gasteiger partial charge is 0.455 e. The van der Waals surface area contributed by atoms with Crippen LogP contribution in [-0.4, -0.2) is 28.0 Å². The number of rotatable bonds is 5. The molecule has 6 heteroatoms. The van der Waals surface area contributed by atoms with Crippen molar-refractivity contribution in [3.8, 4) is 22.6 Å². The van der Waals surface area contributed by atoms with E-state index in [4.69, 9.17) is 16.3 Å². The van der Waals surface area contributed by atoms with Crippen molar-refractivity contribution < 1.29 is 9.53 Å². The maximum absolute atomic E-state index is 13.0. The van der Waals surface area contributed by atoms with E-state index in [2.05, 4.69) is 49.4 Å². The first-order valence-corrected chi connectivity index (χ1v) is 12.0. The average Bonchev–Trinajstić information content (AvgIpc) is 2.73. The van der Waals surface area contributed by atoms with Gasteiger partial charge in [-0.15, -0.1) is 0 Å². The summed E-state index contributed by atoms with van der Waals surface area (Å²) in [6.45, 7) is 10.7. The number of aromatic nitrogens is 1. The highest BCUT2D eigenvalue weighted by Gasteiger charge is 2.38. The van der Waals surface area contributed by atoms with E-state index in [1.807, 2.05) is 43.6 Å². The second-order valence-electron chi connectivity index (χ2n) is 10.5. The first-order chi connectivity index (χ1) is 16.0. The van der Waals surface area contributed by atoms with Crippen molar-refractivity contribution in [2.24, 2.45) is 0 Å². The second-order valence-corrected chi connectivity index (χ2v) is 10.9. The zero-order valence-corrected chi connectivity index (χ0v) is 21.2. The van der Waals surface area contributed by atoms with E-state index in [9.17, 15) is 4.79 Å². The molecule has 2 heterocycles. The van der Waals surface area contributed by atoms with Crippen molar-refractivity contribution in [3.05, 3.63) is 77.1 Å². The number of carbonyl (C=O) groups is 1. The summed E-state index contributed by atoms with van der Waals surface area (Å²) in [4.78, 5) is 17.3. The van der Waals surface area contributed by atoms with Crippen LogP contribution in [0.4, 0.5) is 0 Å². The van der Waals surface area contributed by atoms with Crippen molar-refractivity contribution in [2.45, 2.75) is 64.6 Å². The molecule has 1 aliphatic rings. The lowest BCUT2D eigenvalue weighted by atomic mass is 9.79. The van der Waals surface area contributed by atoms with Crippen molar-refractivity contribution in [1.82, 2.24) is 15.6 Å². The molecule has 34 heavy (non-hydrogen) atoms. The SMILES string of the molecule is Cc1cncc(-c2ccccc2Oc2ccc(C(=O)NC3CC(C)(C)NC(C)(C)C3)cc2Cl)c1. The summed E-state index contributed by atoms with van der Waals surface area (Å²) in [6, 6.07) is 15.1. The van der Waals surface area contributed by atoms with Crippen LogP contribution in [0.25, 0.3) is 11.1 Å². The number of hydrogen-bond donors (Lipinski definition) is 2. The van der Waals surface area contributed by atoms with Crippen LogP contribution >= 0.6 is 11.6 Å². The third-order valence-electron chi connectivity index (χ3n) is 6.01. The van der Waals surface area contributed by atoms with E-state index in [1.165, 1.54) is 0 Å². The number of ether oxygens (including phenoxy) is 1. The summed E-state index contributed by atoms with van der Waals surface area (Å²) >= 11 is 6.55. The van der Waals surface area contributed by atoms with Gasteiger partial charge in [0.25, 0.3) is 5.91 Å². The van der Waals surface area contributed by atoms with Gasteiger partial charge in [0.2, 0.25) is 0 Å². The molecule has 5 nitrogen and oxygen atoms in total. The van der Waals surface area contributed by atoms with E-state index in [0.717, 1.165) is 29.5 Å². The molecule has 0 saturated carbocycles.